The van der Waals surface area contributed by atoms with Gasteiger partial charge in [0.05, 0.1) is 11.9 Å². The summed E-state index contributed by atoms with van der Waals surface area (Å²) < 4.78 is 11.2. The van der Waals surface area contributed by atoms with Crippen LogP contribution in [-0.4, -0.2) is 65.2 Å². The van der Waals surface area contributed by atoms with Crippen molar-refractivity contribution in [2.45, 2.75) is 115 Å². The minimum atomic E-state index is -0.703. The van der Waals surface area contributed by atoms with Crippen molar-refractivity contribution < 1.29 is 24.2 Å². The number of rotatable bonds is 6. The van der Waals surface area contributed by atoms with E-state index in [1.54, 1.807) is 6.26 Å². The van der Waals surface area contributed by atoms with Gasteiger partial charge in [0.25, 0.3) is 0 Å². The van der Waals surface area contributed by atoms with Crippen molar-refractivity contribution >= 4 is 6.09 Å². The molecule has 1 amide bonds. The third kappa shape index (κ3) is 5.16. The number of nitrogens with zero attached hydrogens (tertiary/aromatic N) is 1. The van der Waals surface area contributed by atoms with Crippen molar-refractivity contribution in [2.75, 3.05) is 26.2 Å². The Balaban J connectivity index is 1.06. The van der Waals surface area contributed by atoms with E-state index < -0.39 is 5.60 Å². The molecule has 3 N–H and O–H groups in total. The summed E-state index contributed by atoms with van der Waals surface area (Å²) in [6.45, 7) is 7.78. The van der Waals surface area contributed by atoms with Gasteiger partial charge in [0, 0.05) is 43.8 Å². The van der Waals surface area contributed by atoms with Gasteiger partial charge in [-0.15, -0.1) is 0 Å². The van der Waals surface area contributed by atoms with E-state index in [1.165, 1.54) is 6.07 Å². The van der Waals surface area contributed by atoms with E-state index in [9.17, 15) is 14.7 Å². The van der Waals surface area contributed by atoms with E-state index in [1.807, 2.05) is 6.07 Å². The first-order chi connectivity index (χ1) is 19.7. The number of carbonyl (C=O) groups excluding carboxylic acids is 1. The number of aliphatic hydroxyl groups is 2. The summed E-state index contributed by atoms with van der Waals surface area (Å²) in [5.74, 6) is 1.49. The molecule has 0 spiro atoms. The minimum absolute atomic E-state index is 0.0326. The topological polar surface area (TPSA) is 112 Å². The van der Waals surface area contributed by atoms with Crippen LogP contribution in [0.15, 0.2) is 27.6 Å². The average molecular weight is 571 g/mol. The summed E-state index contributed by atoms with van der Waals surface area (Å²) in [7, 11) is 0. The first-order valence-corrected chi connectivity index (χ1v) is 16.3. The number of aliphatic hydroxyl groups excluding tert-OH is 1. The lowest BCUT2D eigenvalue weighted by atomic mass is 9.43. The quantitative estimate of drug-likeness (QED) is 0.449. The molecule has 2 heterocycles. The van der Waals surface area contributed by atoms with E-state index in [2.05, 4.69) is 24.1 Å². The monoisotopic (exact) mass is 570 g/mol. The van der Waals surface area contributed by atoms with Crippen molar-refractivity contribution in [2.24, 2.45) is 28.6 Å². The number of nitrogens with one attached hydrogen (secondary N) is 1. The Morgan fingerprint density at radius 1 is 1.05 bits per heavy atom. The van der Waals surface area contributed by atoms with Gasteiger partial charge in [-0.3, -0.25) is 0 Å². The van der Waals surface area contributed by atoms with Gasteiger partial charge in [-0.2, -0.15) is 0 Å². The second-order valence-corrected chi connectivity index (χ2v) is 14.5. The molecule has 4 saturated carbocycles. The molecule has 6 rings (SSSR count). The lowest BCUT2D eigenvalue weighted by Crippen LogP contribution is -2.62. The van der Waals surface area contributed by atoms with Gasteiger partial charge < -0.3 is 29.6 Å². The predicted molar refractivity (Wildman–Crippen MR) is 155 cm³/mol. The standard InChI is InChI=1S/C33H50N2O6/c1-31-13-8-25(41-30(38)34-24-11-17-35(18-12-24)16-3-19-36)20-23(31)5-6-28-27(31)9-14-32(2)26(10-15-33(28,32)39)22-4-7-29(37)40-21-22/h4,7,21,23-28,36,39H,3,5-6,8-20H2,1-2H3,(H,34,38)/t23-,25+,26-,27+,28-,31+,32-,33+/m1/s1. The Labute approximate surface area is 244 Å². The molecule has 1 saturated heterocycles. The Hall–Kier alpha value is -1.90. The summed E-state index contributed by atoms with van der Waals surface area (Å²) in [5.41, 5.74) is -0.0367. The Kier molecular flexibility index (Phi) is 8.05. The van der Waals surface area contributed by atoms with Gasteiger partial charge in [0.2, 0.25) is 0 Å². The highest BCUT2D eigenvalue weighted by Gasteiger charge is 2.67. The van der Waals surface area contributed by atoms with Crippen LogP contribution in [0.2, 0.25) is 0 Å². The van der Waals surface area contributed by atoms with Crippen molar-refractivity contribution in [3.8, 4) is 0 Å². The van der Waals surface area contributed by atoms with Gasteiger partial charge in [-0.05, 0) is 118 Å². The van der Waals surface area contributed by atoms with Gasteiger partial charge in [0.1, 0.15) is 6.10 Å². The highest BCUT2D eigenvalue weighted by atomic mass is 16.6. The van der Waals surface area contributed by atoms with Crippen LogP contribution in [0, 0.1) is 28.6 Å². The molecule has 1 aliphatic heterocycles. The number of alkyl carbamates (subject to hydrolysis) is 1. The minimum Gasteiger partial charge on any atom is -0.446 e. The largest absolute Gasteiger partial charge is 0.446 e. The van der Waals surface area contributed by atoms with Crippen molar-refractivity contribution in [1.29, 1.82) is 0 Å². The summed E-state index contributed by atoms with van der Waals surface area (Å²) in [5, 5.41) is 24.6. The number of hydrogen-bond acceptors (Lipinski definition) is 7. The highest BCUT2D eigenvalue weighted by molar-refractivity contribution is 5.67. The molecule has 0 radical (unpaired) electrons. The molecular weight excluding hydrogens is 520 g/mol. The summed E-state index contributed by atoms with van der Waals surface area (Å²) >= 11 is 0. The maximum Gasteiger partial charge on any atom is 0.407 e. The zero-order valence-electron chi connectivity index (χ0n) is 25.0. The molecule has 0 bridgehead atoms. The first kappa shape index (κ1) is 29.2. The van der Waals surface area contributed by atoms with Gasteiger partial charge >= 0.3 is 11.7 Å². The van der Waals surface area contributed by atoms with Crippen LogP contribution >= 0.6 is 0 Å². The maximum atomic E-state index is 12.8. The van der Waals surface area contributed by atoms with Crippen molar-refractivity contribution in [1.82, 2.24) is 10.2 Å². The van der Waals surface area contributed by atoms with Gasteiger partial charge in [0.15, 0.2) is 0 Å². The molecule has 4 aliphatic carbocycles. The number of fused-ring (bicyclic) bond motifs is 5. The summed E-state index contributed by atoms with van der Waals surface area (Å²) in [6, 6.07) is 3.58. The van der Waals surface area contributed by atoms with E-state index in [0.29, 0.717) is 11.8 Å². The highest BCUT2D eigenvalue weighted by Crippen LogP contribution is 2.70. The average Bonchev–Trinajstić information content (AvgIpc) is 3.24. The van der Waals surface area contributed by atoms with E-state index >= 15 is 0 Å². The summed E-state index contributed by atoms with van der Waals surface area (Å²) in [4.78, 5) is 26.8. The zero-order valence-corrected chi connectivity index (χ0v) is 25.0. The van der Waals surface area contributed by atoms with Crippen LogP contribution in [0.5, 0.6) is 0 Å². The van der Waals surface area contributed by atoms with Crippen LogP contribution in [0.4, 0.5) is 4.79 Å². The van der Waals surface area contributed by atoms with Crippen molar-refractivity contribution in [3.05, 3.63) is 34.4 Å². The van der Waals surface area contributed by atoms with Crippen molar-refractivity contribution in [3.63, 3.8) is 0 Å². The van der Waals surface area contributed by atoms with Crippen LogP contribution in [0.25, 0.3) is 0 Å². The molecule has 5 aliphatic rings. The molecule has 1 aromatic rings. The maximum absolute atomic E-state index is 12.8. The number of hydrogen-bond donors (Lipinski definition) is 3. The normalized spacial score (nSPS) is 41.2. The van der Waals surface area contributed by atoms with E-state index in [4.69, 9.17) is 14.3 Å². The smallest absolute Gasteiger partial charge is 0.407 e. The third-order valence-electron chi connectivity index (χ3n) is 12.7. The molecule has 0 aromatic carbocycles. The Morgan fingerprint density at radius 2 is 1.85 bits per heavy atom. The molecule has 8 atom stereocenters. The second kappa shape index (κ2) is 11.3. The van der Waals surface area contributed by atoms with Crippen LogP contribution < -0.4 is 10.9 Å². The zero-order chi connectivity index (χ0) is 28.8. The molecule has 41 heavy (non-hydrogen) atoms. The molecule has 228 valence electrons. The number of amides is 1. The number of likely N-dealkylation sites (tertiary alicyclic amines) is 1. The van der Waals surface area contributed by atoms with E-state index in [0.717, 1.165) is 102 Å². The van der Waals surface area contributed by atoms with Crippen LogP contribution in [-0.2, 0) is 4.74 Å². The lowest BCUT2D eigenvalue weighted by molar-refractivity contribution is -0.205. The third-order valence-corrected chi connectivity index (χ3v) is 12.7. The fourth-order valence-electron chi connectivity index (χ4n) is 10.3. The fraction of sp³-hybridized carbons (Fsp3) is 0.818. The lowest BCUT2D eigenvalue weighted by Gasteiger charge is -2.63. The van der Waals surface area contributed by atoms with E-state index in [-0.39, 0.29) is 53.1 Å². The first-order valence-electron chi connectivity index (χ1n) is 16.3. The van der Waals surface area contributed by atoms with Crippen LogP contribution in [0.1, 0.15) is 102 Å². The number of carbonyl (C=O) groups is 1. The van der Waals surface area contributed by atoms with Gasteiger partial charge in [-0.1, -0.05) is 13.8 Å². The molecule has 5 fully saturated rings. The Morgan fingerprint density at radius 3 is 2.59 bits per heavy atom. The SMILES string of the molecule is C[C@]12CC[C@H](OC(=O)NC3CCN(CCCO)CC3)C[C@H]1CC[C@@H]1[C@@H]2CC[C@]2(C)[C@@H](c3ccc(=O)oc3)CC[C@]12O. The fourth-order valence-corrected chi connectivity index (χ4v) is 10.3. The van der Waals surface area contributed by atoms with Gasteiger partial charge in [-0.25, -0.2) is 9.59 Å². The molecule has 8 heteroatoms. The molecule has 8 nitrogen and oxygen atoms in total. The summed E-state index contributed by atoms with van der Waals surface area (Å²) in [6.07, 6.45) is 12.8. The molecule has 0 unspecified atom stereocenters. The second-order valence-electron chi connectivity index (χ2n) is 14.5. The number of piperidine rings is 1. The number of ether oxygens (including phenoxy) is 1. The molecule has 1 aromatic heterocycles. The van der Waals surface area contributed by atoms with Crippen LogP contribution in [0.3, 0.4) is 0 Å². The Bertz CT molecular complexity index is 1130. The predicted octanol–water partition coefficient (Wildman–Crippen LogP) is 4.82. The molecular formula is C33H50N2O6.